The van der Waals surface area contributed by atoms with Gasteiger partial charge in [-0.25, -0.2) is 9.98 Å². The number of aromatic amines is 2. The molecule has 2 N–H and O–H groups in total. The molecule has 21 heavy (non-hydrogen) atoms. The third kappa shape index (κ3) is 2.96. The zero-order valence-corrected chi connectivity index (χ0v) is 12.6. The highest BCUT2D eigenvalue weighted by molar-refractivity contribution is 7.13. The van der Waals surface area contributed by atoms with Gasteiger partial charge in [0.1, 0.15) is 0 Å². The second-order valence-corrected chi connectivity index (χ2v) is 5.67. The van der Waals surface area contributed by atoms with Crippen molar-refractivity contribution in [3.63, 3.8) is 0 Å². The average molecular weight is 319 g/mol. The summed E-state index contributed by atoms with van der Waals surface area (Å²) in [4.78, 5) is 20.2. The molecule has 0 saturated carbocycles. The Morgan fingerprint density at radius 2 is 2.05 bits per heavy atom. The lowest BCUT2D eigenvalue weighted by Crippen LogP contribution is -2.04. The maximum Gasteiger partial charge on any atom is 0.272 e. The van der Waals surface area contributed by atoms with Gasteiger partial charge in [0.05, 0.1) is 11.3 Å². The number of halogens is 1. The molecule has 0 atom stereocenters. The molecule has 0 amide bonds. The van der Waals surface area contributed by atoms with Crippen molar-refractivity contribution in [2.45, 2.75) is 6.92 Å². The smallest absolute Gasteiger partial charge is 0.272 e. The maximum atomic E-state index is 11.5. The van der Waals surface area contributed by atoms with E-state index < -0.39 is 0 Å². The number of hydrogen-bond donors (Lipinski definition) is 2. The molecule has 0 bridgehead atoms. The molecule has 2 aromatic heterocycles. The van der Waals surface area contributed by atoms with E-state index in [9.17, 15) is 4.79 Å². The predicted molar refractivity (Wildman–Crippen MR) is 86.0 cm³/mol. The lowest BCUT2D eigenvalue weighted by Gasteiger charge is -1.95. The molecule has 0 fully saturated rings. The zero-order chi connectivity index (χ0) is 14.8. The number of aryl methyl sites for hydroxylation is 1. The van der Waals surface area contributed by atoms with Gasteiger partial charge in [-0.15, -0.1) is 11.3 Å². The lowest BCUT2D eigenvalue weighted by atomic mass is 10.2. The lowest BCUT2D eigenvalue weighted by molar-refractivity contribution is 1.02. The fourth-order valence-corrected chi connectivity index (χ4v) is 2.60. The SMILES string of the molecule is Cc1[nH][nH]c(=O)c1/C=N/c1nc(-c2ccc(Cl)cc2)cs1. The monoisotopic (exact) mass is 318 g/mol. The zero-order valence-electron chi connectivity index (χ0n) is 11.1. The molecular formula is C14H11ClN4OS. The first-order chi connectivity index (χ1) is 10.1. The molecule has 0 aliphatic carbocycles. The number of aliphatic imine (C=N–C) groups is 1. The van der Waals surface area contributed by atoms with E-state index in [0.717, 1.165) is 17.0 Å². The summed E-state index contributed by atoms with van der Waals surface area (Å²) in [6.07, 6.45) is 1.52. The summed E-state index contributed by atoms with van der Waals surface area (Å²) in [5.74, 6) is 0. The van der Waals surface area contributed by atoms with Crippen molar-refractivity contribution in [2.75, 3.05) is 0 Å². The molecule has 0 saturated heterocycles. The van der Waals surface area contributed by atoms with Crippen LogP contribution in [0.5, 0.6) is 0 Å². The van der Waals surface area contributed by atoms with Crippen molar-refractivity contribution >= 4 is 34.3 Å². The maximum absolute atomic E-state index is 11.5. The quantitative estimate of drug-likeness (QED) is 0.725. The number of thiazole rings is 1. The van der Waals surface area contributed by atoms with Gasteiger partial charge in [-0.1, -0.05) is 23.7 Å². The van der Waals surface area contributed by atoms with Crippen LogP contribution in [0.25, 0.3) is 11.3 Å². The summed E-state index contributed by atoms with van der Waals surface area (Å²) in [5.41, 5.74) is 2.89. The van der Waals surface area contributed by atoms with Crippen LogP contribution in [0.2, 0.25) is 5.02 Å². The molecule has 3 rings (SSSR count). The summed E-state index contributed by atoms with van der Waals surface area (Å²) in [6, 6.07) is 7.46. The van der Waals surface area contributed by atoms with Crippen LogP contribution < -0.4 is 5.56 Å². The molecule has 106 valence electrons. The Hall–Kier alpha value is -2.18. The van der Waals surface area contributed by atoms with Crippen LogP contribution in [-0.2, 0) is 0 Å². The first-order valence-electron chi connectivity index (χ1n) is 6.16. The normalized spacial score (nSPS) is 11.3. The van der Waals surface area contributed by atoms with Crippen LogP contribution in [0.3, 0.4) is 0 Å². The molecule has 5 nitrogen and oxygen atoms in total. The third-order valence-electron chi connectivity index (χ3n) is 2.95. The van der Waals surface area contributed by atoms with E-state index in [0.29, 0.717) is 15.7 Å². The van der Waals surface area contributed by atoms with Gasteiger partial charge in [0.2, 0.25) is 5.13 Å². The number of hydrogen-bond acceptors (Lipinski definition) is 4. The molecular weight excluding hydrogens is 308 g/mol. The summed E-state index contributed by atoms with van der Waals surface area (Å²) < 4.78 is 0. The van der Waals surface area contributed by atoms with Crippen molar-refractivity contribution in [1.29, 1.82) is 0 Å². The van der Waals surface area contributed by atoms with Crippen LogP contribution in [0, 0.1) is 6.92 Å². The van der Waals surface area contributed by atoms with Gasteiger partial charge < -0.3 is 5.10 Å². The fourth-order valence-electron chi connectivity index (χ4n) is 1.81. The van der Waals surface area contributed by atoms with Gasteiger partial charge in [-0.05, 0) is 19.1 Å². The van der Waals surface area contributed by atoms with Gasteiger partial charge >= 0.3 is 0 Å². The van der Waals surface area contributed by atoms with E-state index in [-0.39, 0.29) is 5.56 Å². The highest BCUT2D eigenvalue weighted by Crippen LogP contribution is 2.27. The van der Waals surface area contributed by atoms with Crippen molar-refractivity contribution in [3.8, 4) is 11.3 Å². The van der Waals surface area contributed by atoms with Gasteiger partial charge in [0.15, 0.2) is 0 Å². The summed E-state index contributed by atoms with van der Waals surface area (Å²) in [6.45, 7) is 1.81. The third-order valence-corrected chi connectivity index (χ3v) is 3.95. The fraction of sp³-hybridized carbons (Fsp3) is 0.0714. The Balaban J connectivity index is 1.85. The Kier molecular flexibility index (Phi) is 3.72. The molecule has 2 heterocycles. The molecule has 0 spiro atoms. The number of benzene rings is 1. The van der Waals surface area contributed by atoms with Crippen LogP contribution in [0.1, 0.15) is 11.3 Å². The second-order valence-electron chi connectivity index (χ2n) is 4.40. The molecule has 0 aliphatic heterocycles. The van der Waals surface area contributed by atoms with Gasteiger partial charge in [-0.3, -0.25) is 9.89 Å². The molecule has 0 aliphatic rings. The van der Waals surface area contributed by atoms with Gasteiger partial charge in [0, 0.05) is 27.9 Å². The molecule has 0 unspecified atom stereocenters. The Morgan fingerprint density at radius 1 is 1.29 bits per heavy atom. The first-order valence-corrected chi connectivity index (χ1v) is 7.42. The van der Waals surface area contributed by atoms with Crippen LogP contribution in [0.15, 0.2) is 39.4 Å². The van der Waals surface area contributed by atoms with E-state index >= 15 is 0 Å². The largest absolute Gasteiger partial charge is 0.302 e. The number of H-pyrrole nitrogens is 2. The minimum atomic E-state index is -0.189. The van der Waals surface area contributed by atoms with E-state index in [4.69, 9.17) is 11.6 Å². The summed E-state index contributed by atoms with van der Waals surface area (Å²) >= 11 is 7.28. The van der Waals surface area contributed by atoms with E-state index in [1.807, 2.05) is 29.6 Å². The van der Waals surface area contributed by atoms with Crippen LogP contribution in [0.4, 0.5) is 5.13 Å². The number of nitrogens with one attached hydrogen (secondary N) is 2. The van der Waals surface area contributed by atoms with Crippen molar-refractivity contribution in [2.24, 2.45) is 4.99 Å². The number of nitrogens with zero attached hydrogens (tertiary/aromatic N) is 2. The highest BCUT2D eigenvalue weighted by Gasteiger charge is 2.05. The van der Waals surface area contributed by atoms with Crippen LogP contribution in [-0.4, -0.2) is 21.4 Å². The average Bonchev–Trinajstić information content (AvgIpc) is 3.06. The molecule has 0 radical (unpaired) electrons. The molecule has 1 aromatic carbocycles. The predicted octanol–water partition coefficient (Wildman–Crippen LogP) is 3.54. The minimum Gasteiger partial charge on any atom is -0.302 e. The van der Waals surface area contributed by atoms with Crippen LogP contribution >= 0.6 is 22.9 Å². The molecule has 3 aromatic rings. The Bertz CT molecular complexity index is 844. The number of aromatic nitrogens is 3. The Morgan fingerprint density at radius 3 is 2.71 bits per heavy atom. The van der Waals surface area contributed by atoms with Crippen molar-refractivity contribution in [1.82, 2.24) is 15.2 Å². The first kappa shape index (κ1) is 13.8. The number of rotatable bonds is 3. The summed E-state index contributed by atoms with van der Waals surface area (Å²) in [7, 11) is 0. The summed E-state index contributed by atoms with van der Waals surface area (Å²) in [5, 5.41) is 8.47. The second kappa shape index (κ2) is 5.67. The van der Waals surface area contributed by atoms with Crippen molar-refractivity contribution < 1.29 is 0 Å². The molecule has 7 heteroatoms. The highest BCUT2D eigenvalue weighted by atomic mass is 35.5. The van der Waals surface area contributed by atoms with Gasteiger partial charge in [-0.2, -0.15) is 0 Å². The van der Waals surface area contributed by atoms with E-state index in [1.54, 1.807) is 6.92 Å². The van der Waals surface area contributed by atoms with Crippen molar-refractivity contribution in [3.05, 3.63) is 56.3 Å². The standard InChI is InChI=1S/C14H11ClN4OS/c1-8-11(13(20)19-18-8)6-16-14-17-12(7-21-14)9-2-4-10(15)5-3-9/h2-7H,1H3,(H2,18,19,20)/b16-6+. The Labute approximate surface area is 129 Å². The van der Waals surface area contributed by atoms with Gasteiger partial charge in [0.25, 0.3) is 5.56 Å². The minimum absolute atomic E-state index is 0.189. The van der Waals surface area contributed by atoms with E-state index in [2.05, 4.69) is 20.2 Å². The topological polar surface area (TPSA) is 73.9 Å². The van der Waals surface area contributed by atoms with E-state index in [1.165, 1.54) is 17.6 Å².